The Balaban J connectivity index is 1.80. The van der Waals surface area contributed by atoms with E-state index < -0.39 is 0 Å². The number of aromatic nitrogens is 2. The number of carbonyl (C=O) groups excluding carboxylic acids is 1. The molecular weight excluding hydrogens is 288 g/mol. The van der Waals surface area contributed by atoms with Crippen LogP contribution in [0.3, 0.4) is 0 Å². The second-order valence-electron chi connectivity index (χ2n) is 6.01. The number of anilines is 2. The zero-order valence-electron chi connectivity index (χ0n) is 13.7. The van der Waals surface area contributed by atoms with E-state index in [2.05, 4.69) is 20.2 Å². The van der Waals surface area contributed by atoms with Crippen molar-refractivity contribution in [1.82, 2.24) is 9.97 Å². The first-order valence-corrected chi connectivity index (χ1v) is 8.11. The molecule has 0 aliphatic carbocycles. The lowest BCUT2D eigenvalue weighted by Crippen LogP contribution is -2.31. The topological polar surface area (TPSA) is 58.1 Å². The number of hydrogen-bond donors (Lipinski definition) is 1. The van der Waals surface area contributed by atoms with E-state index in [9.17, 15) is 4.79 Å². The normalized spacial score (nSPS) is 14.6. The molecule has 1 amide bonds. The number of nitrogens with one attached hydrogen (secondary N) is 1. The number of benzene rings is 1. The van der Waals surface area contributed by atoms with Gasteiger partial charge in [0.1, 0.15) is 5.69 Å². The molecule has 1 aliphatic rings. The highest BCUT2D eigenvalue weighted by atomic mass is 16.1. The fourth-order valence-corrected chi connectivity index (χ4v) is 2.91. The van der Waals surface area contributed by atoms with Crippen LogP contribution < -0.4 is 10.2 Å². The summed E-state index contributed by atoms with van der Waals surface area (Å²) in [6, 6.07) is 7.62. The maximum Gasteiger partial charge on any atom is 0.274 e. The van der Waals surface area contributed by atoms with Crippen LogP contribution in [-0.4, -0.2) is 29.0 Å². The average Bonchev–Trinajstić information content (AvgIpc) is 2.59. The summed E-state index contributed by atoms with van der Waals surface area (Å²) in [4.78, 5) is 23.5. The van der Waals surface area contributed by atoms with Crippen LogP contribution in [0.15, 0.2) is 30.5 Å². The molecule has 2 heterocycles. The molecule has 0 bridgehead atoms. The highest BCUT2D eigenvalue weighted by molar-refractivity contribution is 6.03. The molecule has 1 saturated heterocycles. The minimum atomic E-state index is -0.192. The summed E-state index contributed by atoms with van der Waals surface area (Å²) < 4.78 is 0. The third-order valence-electron chi connectivity index (χ3n) is 4.23. The molecule has 1 aliphatic heterocycles. The van der Waals surface area contributed by atoms with Gasteiger partial charge < -0.3 is 10.2 Å². The van der Waals surface area contributed by atoms with Crippen LogP contribution >= 0.6 is 0 Å². The Bertz CT molecular complexity index is 688. The second kappa shape index (κ2) is 6.77. The van der Waals surface area contributed by atoms with Crippen LogP contribution in [-0.2, 0) is 0 Å². The number of hydrogen-bond acceptors (Lipinski definition) is 4. The van der Waals surface area contributed by atoms with E-state index in [4.69, 9.17) is 0 Å². The van der Waals surface area contributed by atoms with Gasteiger partial charge in [-0.3, -0.25) is 4.79 Å². The molecule has 120 valence electrons. The maximum absolute atomic E-state index is 12.5. The van der Waals surface area contributed by atoms with Crippen molar-refractivity contribution in [2.24, 2.45) is 0 Å². The van der Waals surface area contributed by atoms with Gasteiger partial charge >= 0.3 is 0 Å². The molecule has 5 heteroatoms. The second-order valence-corrected chi connectivity index (χ2v) is 6.01. The summed E-state index contributed by atoms with van der Waals surface area (Å²) in [5, 5.41) is 2.98. The van der Waals surface area contributed by atoms with E-state index in [1.54, 1.807) is 12.3 Å². The van der Waals surface area contributed by atoms with E-state index in [0.29, 0.717) is 11.6 Å². The minimum Gasteiger partial charge on any atom is -0.341 e. The molecule has 0 radical (unpaired) electrons. The number of aryl methyl sites for hydroxylation is 2. The largest absolute Gasteiger partial charge is 0.341 e. The summed E-state index contributed by atoms with van der Waals surface area (Å²) in [5.74, 6) is 0.460. The quantitative estimate of drug-likeness (QED) is 0.944. The van der Waals surface area contributed by atoms with Gasteiger partial charge in [-0.25, -0.2) is 9.97 Å². The predicted molar refractivity (Wildman–Crippen MR) is 92.0 cm³/mol. The van der Waals surface area contributed by atoms with Crippen molar-refractivity contribution < 1.29 is 4.79 Å². The van der Waals surface area contributed by atoms with Gasteiger partial charge in [0, 0.05) is 25.0 Å². The van der Waals surface area contributed by atoms with Crippen molar-refractivity contribution in [3.63, 3.8) is 0 Å². The Labute approximate surface area is 136 Å². The summed E-state index contributed by atoms with van der Waals surface area (Å²) >= 11 is 0. The summed E-state index contributed by atoms with van der Waals surface area (Å²) in [6.07, 6.45) is 5.23. The van der Waals surface area contributed by atoms with Crippen molar-refractivity contribution >= 4 is 17.5 Å². The minimum absolute atomic E-state index is 0.192. The van der Waals surface area contributed by atoms with Gasteiger partial charge in [0.2, 0.25) is 5.95 Å². The highest BCUT2D eigenvalue weighted by Gasteiger charge is 2.16. The third-order valence-corrected chi connectivity index (χ3v) is 4.23. The van der Waals surface area contributed by atoms with Crippen molar-refractivity contribution in [3.05, 3.63) is 47.3 Å². The van der Waals surface area contributed by atoms with Gasteiger partial charge in [-0.05, 0) is 50.3 Å². The number of para-hydroxylation sites is 1. The van der Waals surface area contributed by atoms with E-state index in [1.807, 2.05) is 32.0 Å². The van der Waals surface area contributed by atoms with Crippen molar-refractivity contribution in [1.29, 1.82) is 0 Å². The molecule has 2 aromatic rings. The van der Waals surface area contributed by atoms with Gasteiger partial charge in [-0.15, -0.1) is 0 Å². The van der Waals surface area contributed by atoms with Gasteiger partial charge in [0.25, 0.3) is 5.91 Å². The monoisotopic (exact) mass is 310 g/mol. The predicted octanol–water partition coefficient (Wildman–Crippen LogP) is 3.34. The van der Waals surface area contributed by atoms with Crippen LogP contribution in [0.1, 0.15) is 40.9 Å². The van der Waals surface area contributed by atoms with Gasteiger partial charge in [0.05, 0.1) is 0 Å². The third kappa shape index (κ3) is 3.50. The van der Waals surface area contributed by atoms with Crippen LogP contribution in [0.2, 0.25) is 0 Å². The average molecular weight is 310 g/mol. The lowest BCUT2D eigenvalue weighted by Gasteiger charge is -2.26. The fraction of sp³-hybridized carbons (Fsp3) is 0.389. The molecule has 1 aromatic heterocycles. The Hall–Kier alpha value is -2.43. The molecule has 1 N–H and O–H groups in total. The Morgan fingerprint density at radius 2 is 1.78 bits per heavy atom. The van der Waals surface area contributed by atoms with Crippen molar-refractivity contribution in [2.75, 3.05) is 23.3 Å². The summed E-state index contributed by atoms with van der Waals surface area (Å²) in [6.45, 7) is 5.90. The molecule has 23 heavy (non-hydrogen) atoms. The SMILES string of the molecule is Cc1cccc(C)c1NC(=O)c1ccnc(N2CCCCC2)n1. The molecule has 0 spiro atoms. The first kappa shape index (κ1) is 15.5. The first-order valence-electron chi connectivity index (χ1n) is 8.11. The van der Waals surface area contributed by atoms with Crippen LogP contribution in [0.5, 0.6) is 0 Å². The molecule has 0 atom stereocenters. The van der Waals surface area contributed by atoms with Crippen molar-refractivity contribution in [3.8, 4) is 0 Å². The smallest absolute Gasteiger partial charge is 0.274 e. The Kier molecular flexibility index (Phi) is 4.55. The van der Waals surface area contributed by atoms with Crippen LogP contribution in [0.25, 0.3) is 0 Å². The summed E-state index contributed by atoms with van der Waals surface area (Å²) in [5.41, 5.74) is 3.35. The molecule has 1 fully saturated rings. The molecule has 0 saturated carbocycles. The highest BCUT2D eigenvalue weighted by Crippen LogP contribution is 2.20. The van der Waals surface area contributed by atoms with Crippen LogP contribution in [0, 0.1) is 13.8 Å². The number of nitrogens with zero attached hydrogens (tertiary/aromatic N) is 3. The maximum atomic E-state index is 12.5. The summed E-state index contributed by atoms with van der Waals surface area (Å²) in [7, 11) is 0. The molecule has 5 nitrogen and oxygen atoms in total. The number of carbonyl (C=O) groups is 1. The van der Waals surface area contributed by atoms with Gasteiger partial charge in [-0.2, -0.15) is 0 Å². The van der Waals surface area contributed by atoms with Gasteiger partial charge in [-0.1, -0.05) is 18.2 Å². The van der Waals surface area contributed by atoms with Crippen molar-refractivity contribution in [2.45, 2.75) is 33.1 Å². The Morgan fingerprint density at radius 3 is 2.48 bits per heavy atom. The number of amides is 1. The van der Waals surface area contributed by atoms with Crippen LogP contribution in [0.4, 0.5) is 11.6 Å². The molecular formula is C18H22N4O. The standard InChI is InChI=1S/C18H22N4O/c1-13-7-6-8-14(2)16(13)21-17(23)15-9-10-19-18(20-15)22-11-4-3-5-12-22/h6-10H,3-5,11-12H2,1-2H3,(H,21,23). The lowest BCUT2D eigenvalue weighted by molar-refractivity contribution is 0.102. The van der Waals surface area contributed by atoms with Gasteiger partial charge in [0.15, 0.2) is 0 Å². The molecule has 0 unspecified atom stereocenters. The van der Waals surface area contributed by atoms with E-state index in [-0.39, 0.29) is 5.91 Å². The van der Waals surface area contributed by atoms with E-state index >= 15 is 0 Å². The van der Waals surface area contributed by atoms with E-state index in [1.165, 1.54) is 6.42 Å². The Morgan fingerprint density at radius 1 is 1.09 bits per heavy atom. The van der Waals surface area contributed by atoms with E-state index in [0.717, 1.165) is 42.7 Å². The fourth-order valence-electron chi connectivity index (χ4n) is 2.91. The molecule has 1 aromatic carbocycles. The number of rotatable bonds is 3. The zero-order chi connectivity index (χ0) is 16.2. The number of piperidine rings is 1. The molecule has 3 rings (SSSR count). The first-order chi connectivity index (χ1) is 11.1. The zero-order valence-corrected chi connectivity index (χ0v) is 13.7. The lowest BCUT2D eigenvalue weighted by atomic mass is 10.1.